The van der Waals surface area contributed by atoms with Crippen LogP contribution in [0.1, 0.15) is 111 Å². The predicted molar refractivity (Wildman–Crippen MR) is 132 cm³/mol. The molecule has 0 aliphatic heterocycles. The van der Waals surface area contributed by atoms with E-state index in [9.17, 15) is 9.90 Å². The summed E-state index contributed by atoms with van der Waals surface area (Å²) in [6.45, 7) is 16.8. The Morgan fingerprint density at radius 3 is 2.38 bits per heavy atom. The van der Waals surface area contributed by atoms with E-state index in [0.29, 0.717) is 24.0 Å². The van der Waals surface area contributed by atoms with Crippen LogP contribution < -0.4 is 0 Å². The van der Waals surface area contributed by atoms with Crippen LogP contribution in [-0.2, 0) is 16.6 Å². The van der Waals surface area contributed by atoms with Crippen molar-refractivity contribution in [3.63, 3.8) is 0 Å². The van der Waals surface area contributed by atoms with Gasteiger partial charge in [-0.1, -0.05) is 53.6 Å². The van der Waals surface area contributed by atoms with Gasteiger partial charge in [-0.3, -0.25) is 4.79 Å². The molecule has 1 N–H and O–H groups in total. The first-order valence-corrected chi connectivity index (χ1v) is 13.9. The SMILES string of the molecule is CC1(C)CC[C@]2(O)CC[C@]3(C)[C@H](C(=O)C[C@@H]4[C@@]5(C)Cc6cnoc6C(C)(C)[C@@H]5CC[C@]43C)[C@@H]2C1. The smallest absolute Gasteiger partial charge is 0.145 e. The molecule has 1 heterocycles. The summed E-state index contributed by atoms with van der Waals surface area (Å²) in [4.78, 5) is 14.3. The summed E-state index contributed by atoms with van der Waals surface area (Å²) in [6.07, 6.45) is 10.7. The molecular weight excluding hydrogens is 422 g/mol. The second kappa shape index (κ2) is 6.58. The first-order chi connectivity index (χ1) is 15.7. The molecule has 34 heavy (non-hydrogen) atoms. The molecule has 0 unspecified atom stereocenters. The third-order valence-corrected chi connectivity index (χ3v) is 12.9. The molecule has 6 rings (SSSR count). The van der Waals surface area contributed by atoms with E-state index in [-0.39, 0.29) is 38.9 Å². The summed E-state index contributed by atoms with van der Waals surface area (Å²) in [5.41, 5.74) is 0.840. The minimum Gasteiger partial charge on any atom is -0.390 e. The van der Waals surface area contributed by atoms with E-state index in [2.05, 4.69) is 53.6 Å². The molecule has 188 valence electrons. The van der Waals surface area contributed by atoms with Crippen LogP contribution in [0.25, 0.3) is 0 Å². The predicted octanol–water partition coefficient (Wildman–Crippen LogP) is 6.49. The minimum atomic E-state index is -0.649. The number of aliphatic hydroxyl groups is 1. The maximum atomic E-state index is 14.3. The second-order valence-corrected chi connectivity index (χ2v) is 15.3. The van der Waals surface area contributed by atoms with Crippen LogP contribution in [-0.4, -0.2) is 21.6 Å². The van der Waals surface area contributed by atoms with E-state index in [4.69, 9.17) is 4.52 Å². The van der Waals surface area contributed by atoms with Gasteiger partial charge in [0.2, 0.25) is 0 Å². The Morgan fingerprint density at radius 2 is 1.65 bits per heavy atom. The van der Waals surface area contributed by atoms with Crippen molar-refractivity contribution in [3.05, 3.63) is 17.5 Å². The van der Waals surface area contributed by atoms with Crippen LogP contribution in [0.3, 0.4) is 0 Å². The summed E-state index contributed by atoms with van der Waals surface area (Å²) in [7, 11) is 0. The number of carbonyl (C=O) groups is 1. The molecule has 0 radical (unpaired) electrons. The number of ketones is 1. The molecule has 4 nitrogen and oxygen atoms in total. The number of Topliss-reactive ketones (excluding diaryl/α,β-unsaturated/α-hetero) is 1. The molecule has 4 fully saturated rings. The summed E-state index contributed by atoms with van der Waals surface area (Å²) in [6, 6.07) is 0. The second-order valence-electron chi connectivity index (χ2n) is 15.3. The third kappa shape index (κ3) is 2.65. The Kier molecular flexibility index (Phi) is 4.50. The Labute approximate surface area is 205 Å². The molecule has 0 bridgehead atoms. The van der Waals surface area contributed by atoms with Crippen LogP contribution in [0, 0.1) is 45.3 Å². The zero-order valence-electron chi connectivity index (χ0n) is 22.5. The maximum absolute atomic E-state index is 14.3. The number of carbonyl (C=O) groups excluding carboxylic acids is 1. The Balaban J connectivity index is 1.45. The maximum Gasteiger partial charge on any atom is 0.145 e. The van der Waals surface area contributed by atoms with Gasteiger partial charge < -0.3 is 9.63 Å². The van der Waals surface area contributed by atoms with Gasteiger partial charge in [-0.2, -0.15) is 0 Å². The average Bonchev–Trinajstić information content (AvgIpc) is 3.20. The topological polar surface area (TPSA) is 63.3 Å². The molecular formula is C30H45NO3. The van der Waals surface area contributed by atoms with Crippen molar-refractivity contribution in [2.75, 3.05) is 0 Å². The minimum absolute atomic E-state index is 0.00465. The molecule has 1 aromatic heterocycles. The Bertz CT molecular complexity index is 1040. The summed E-state index contributed by atoms with van der Waals surface area (Å²) in [5, 5.41) is 16.0. The lowest BCUT2D eigenvalue weighted by molar-refractivity contribution is -0.241. The zero-order chi connectivity index (χ0) is 24.5. The number of nitrogens with zero attached hydrogens (tertiary/aromatic N) is 1. The largest absolute Gasteiger partial charge is 0.390 e. The van der Waals surface area contributed by atoms with Crippen molar-refractivity contribution in [3.8, 4) is 0 Å². The lowest BCUT2D eigenvalue weighted by Gasteiger charge is -2.72. The van der Waals surface area contributed by atoms with Gasteiger partial charge in [0.1, 0.15) is 11.5 Å². The molecule has 0 amide bonds. The van der Waals surface area contributed by atoms with E-state index in [1.54, 1.807) is 0 Å². The normalized spacial score (nSPS) is 50.9. The molecule has 4 saturated carbocycles. The van der Waals surface area contributed by atoms with Crippen molar-refractivity contribution in [2.24, 2.45) is 45.3 Å². The van der Waals surface area contributed by atoms with Gasteiger partial charge in [0.05, 0.1) is 11.8 Å². The molecule has 0 aromatic carbocycles. The lowest BCUT2D eigenvalue weighted by Crippen LogP contribution is -2.70. The molecule has 5 aliphatic carbocycles. The van der Waals surface area contributed by atoms with E-state index in [1.165, 1.54) is 18.4 Å². The fraction of sp³-hybridized carbons (Fsp3) is 0.867. The summed E-state index contributed by atoms with van der Waals surface area (Å²) >= 11 is 0. The van der Waals surface area contributed by atoms with E-state index in [0.717, 1.165) is 44.3 Å². The summed E-state index contributed by atoms with van der Waals surface area (Å²) < 4.78 is 5.80. The summed E-state index contributed by atoms with van der Waals surface area (Å²) in [5.74, 6) is 2.46. The fourth-order valence-corrected chi connectivity index (χ4v) is 11.0. The lowest BCUT2D eigenvalue weighted by atomic mass is 9.32. The standard InChI is InChI=1S/C30H45NO3/c1-25(2)10-12-30(33)13-11-29(7)23(19(30)16-25)20(32)14-22-27(5)15-18-17-31-34-24(18)26(3,4)21(27)8-9-28(22,29)6/h17,19,21-23,33H,8-16H2,1-7H3/t19-,21-,22+,23-,27-,28+,29+,30-/m0/s1. The molecule has 8 atom stereocenters. The quantitative estimate of drug-likeness (QED) is 0.473. The van der Waals surface area contributed by atoms with Gasteiger partial charge in [-0.05, 0) is 90.8 Å². The number of hydrogen-bond acceptors (Lipinski definition) is 4. The highest BCUT2D eigenvalue weighted by Crippen LogP contribution is 2.75. The third-order valence-electron chi connectivity index (χ3n) is 12.9. The number of aromatic nitrogens is 1. The molecule has 0 saturated heterocycles. The van der Waals surface area contributed by atoms with Crippen molar-refractivity contribution in [1.82, 2.24) is 5.16 Å². The van der Waals surface area contributed by atoms with Crippen molar-refractivity contribution in [2.45, 2.75) is 117 Å². The molecule has 4 heteroatoms. The van der Waals surface area contributed by atoms with Crippen LogP contribution >= 0.6 is 0 Å². The van der Waals surface area contributed by atoms with Crippen molar-refractivity contribution >= 4 is 5.78 Å². The number of rotatable bonds is 0. The van der Waals surface area contributed by atoms with Gasteiger partial charge in [0.25, 0.3) is 0 Å². The van der Waals surface area contributed by atoms with Crippen molar-refractivity contribution in [1.29, 1.82) is 0 Å². The van der Waals surface area contributed by atoms with Crippen LogP contribution in [0.15, 0.2) is 10.7 Å². The Hall–Kier alpha value is -1.16. The van der Waals surface area contributed by atoms with Crippen LogP contribution in [0.5, 0.6) is 0 Å². The molecule has 5 aliphatic rings. The van der Waals surface area contributed by atoms with Crippen LogP contribution in [0.2, 0.25) is 0 Å². The van der Waals surface area contributed by atoms with Crippen LogP contribution in [0.4, 0.5) is 0 Å². The highest BCUT2D eigenvalue weighted by molar-refractivity contribution is 5.84. The highest BCUT2D eigenvalue weighted by Gasteiger charge is 2.72. The number of fused-ring (bicyclic) bond motifs is 8. The number of hydrogen-bond donors (Lipinski definition) is 1. The van der Waals surface area contributed by atoms with Gasteiger partial charge >= 0.3 is 0 Å². The van der Waals surface area contributed by atoms with Gasteiger partial charge in [0, 0.05) is 23.3 Å². The van der Waals surface area contributed by atoms with E-state index < -0.39 is 5.60 Å². The van der Waals surface area contributed by atoms with E-state index in [1.807, 2.05) is 6.20 Å². The average molecular weight is 468 g/mol. The molecule has 0 spiro atoms. The van der Waals surface area contributed by atoms with Crippen molar-refractivity contribution < 1.29 is 14.4 Å². The van der Waals surface area contributed by atoms with Gasteiger partial charge in [-0.15, -0.1) is 0 Å². The molecule has 1 aromatic rings. The highest BCUT2D eigenvalue weighted by atomic mass is 16.5. The first kappa shape index (κ1) is 23.3. The van der Waals surface area contributed by atoms with E-state index >= 15 is 0 Å². The fourth-order valence-electron chi connectivity index (χ4n) is 11.0. The monoisotopic (exact) mass is 467 g/mol. The Morgan fingerprint density at radius 1 is 0.941 bits per heavy atom. The first-order valence-electron chi connectivity index (χ1n) is 13.9. The van der Waals surface area contributed by atoms with Gasteiger partial charge in [0.15, 0.2) is 0 Å². The van der Waals surface area contributed by atoms with Gasteiger partial charge in [-0.25, -0.2) is 0 Å². The zero-order valence-corrected chi connectivity index (χ0v) is 22.5.